The largest absolute Gasteiger partial charge is 0.382 e. The Bertz CT molecular complexity index is 398. The van der Waals surface area contributed by atoms with E-state index in [4.69, 9.17) is 5.73 Å². The first-order valence-corrected chi connectivity index (χ1v) is 5.87. The summed E-state index contributed by atoms with van der Waals surface area (Å²) in [5, 5.41) is 8.60. The van der Waals surface area contributed by atoms with Gasteiger partial charge >= 0.3 is 0 Å². The molecule has 15 heavy (non-hydrogen) atoms. The lowest BCUT2D eigenvalue weighted by Gasteiger charge is -2.00. The lowest BCUT2D eigenvalue weighted by Crippen LogP contribution is -1.92. The van der Waals surface area contributed by atoms with Gasteiger partial charge in [-0.1, -0.05) is 27.7 Å². The van der Waals surface area contributed by atoms with E-state index < -0.39 is 0 Å². The molecule has 3 nitrogen and oxygen atoms in total. The number of rotatable bonds is 2. The molecule has 76 valence electrons. The number of anilines is 1. The second-order valence-electron chi connectivity index (χ2n) is 2.85. The Morgan fingerprint density at radius 1 is 1.00 bits per heavy atom. The van der Waals surface area contributed by atoms with Crippen molar-refractivity contribution in [2.45, 2.75) is 9.92 Å². The average molecular weight is 282 g/mol. The molecule has 1 heterocycles. The van der Waals surface area contributed by atoms with Gasteiger partial charge in [-0.25, -0.2) is 0 Å². The SMILES string of the molecule is Nc1ccc(Sc2ccc(Br)cc2)nn1. The fraction of sp³-hybridized carbons (Fsp3) is 0. The molecule has 0 unspecified atom stereocenters. The van der Waals surface area contributed by atoms with E-state index in [0.29, 0.717) is 5.82 Å². The second kappa shape index (κ2) is 4.63. The van der Waals surface area contributed by atoms with E-state index in [2.05, 4.69) is 26.1 Å². The number of halogens is 1. The van der Waals surface area contributed by atoms with Crippen LogP contribution in [0.4, 0.5) is 5.82 Å². The standard InChI is InChI=1S/C10H8BrN3S/c11-7-1-3-8(4-2-7)15-10-6-5-9(12)13-14-10/h1-6H,(H2,12,13). The van der Waals surface area contributed by atoms with E-state index in [1.165, 1.54) is 0 Å². The van der Waals surface area contributed by atoms with Crippen LogP contribution >= 0.6 is 27.7 Å². The van der Waals surface area contributed by atoms with E-state index in [1.54, 1.807) is 17.8 Å². The minimum atomic E-state index is 0.440. The van der Waals surface area contributed by atoms with Crippen LogP contribution in [0.25, 0.3) is 0 Å². The second-order valence-corrected chi connectivity index (χ2v) is 4.86. The first kappa shape index (κ1) is 10.4. The van der Waals surface area contributed by atoms with Gasteiger partial charge in [-0.3, -0.25) is 0 Å². The first-order valence-electron chi connectivity index (χ1n) is 4.27. The summed E-state index contributed by atoms with van der Waals surface area (Å²) in [5.74, 6) is 0.440. The number of nitrogen functional groups attached to an aromatic ring is 1. The number of benzene rings is 1. The molecule has 1 aromatic carbocycles. The molecule has 2 N–H and O–H groups in total. The normalized spacial score (nSPS) is 10.2. The van der Waals surface area contributed by atoms with Gasteiger partial charge in [0.05, 0.1) is 0 Å². The van der Waals surface area contributed by atoms with Gasteiger partial charge in [0, 0.05) is 9.37 Å². The van der Waals surface area contributed by atoms with Crippen LogP contribution in [0.1, 0.15) is 0 Å². The smallest absolute Gasteiger partial charge is 0.146 e. The topological polar surface area (TPSA) is 51.8 Å². The lowest BCUT2D eigenvalue weighted by atomic mass is 10.4. The van der Waals surface area contributed by atoms with Gasteiger partial charge in [0.25, 0.3) is 0 Å². The van der Waals surface area contributed by atoms with E-state index in [0.717, 1.165) is 14.4 Å². The van der Waals surface area contributed by atoms with Crippen molar-refractivity contribution in [3.05, 3.63) is 40.9 Å². The Morgan fingerprint density at radius 3 is 2.33 bits per heavy atom. The molecule has 2 rings (SSSR count). The van der Waals surface area contributed by atoms with Crippen LogP contribution in [0, 0.1) is 0 Å². The van der Waals surface area contributed by atoms with E-state index >= 15 is 0 Å². The summed E-state index contributed by atoms with van der Waals surface area (Å²) in [5.41, 5.74) is 5.45. The summed E-state index contributed by atoms with van der Waals surface area (Å²) >= 11 is 4.94. The number of nitrogens with two attached hydrogens (primary N) is 1. The average Bonchev–Trinajstić information content (AvgIpc) is 2.25. The molecule has 0 aliphatic heterocycles. The number of hydrogen-bond donors (Lipinski definition) is 1. The molecule has 5 heteroatoms. The Morgan fingerprint density at radius 2 is 1.73 bits per heavy atom. The third-order valence-corrected chi connectivity index (χ3v) is 3.16. The molecule has 0 spiro atoms. The van der Waals surface area contributed by atoms with Gasteiger partial charge in [0.2, 0.25) is 0 Å². The van der Waals surface area contributed by atoms with E-state index in [9.17, 15) is 0 Å². The fourth-order valence-electron chi connectivity index (χ4n) is 1.01. The number of hydrogen-bond acceptors (Lipinski definition) is 4. The molecule has 0 aliphatic rings. The summed E-state index contributed by atoms with van der Waals surface area (Å²) in [4.78, 5) is 1.12. The molecular weight excluding hydrogens is 274 g/mol. The zero-order valence-electron chi connectivity index (χ0n) is 7.72. The highest BCUT2D eigenvalue weighted by Gasteiger charge is 1.99. The zero-order valence-corrected chi connectivity index (χ0v) is 10.1. The van der Waals surface area contributed by atoms with Crippen LogP contribution < -0.4 is 5.73 Å². The van der Waals surface area contributed by atoms with Crippen LogP contribution in [0.5, 0.6) is 0 Å². The van der Waals surface area contributed by atoms with Gasteiger partial charge in [0.15, 0.2) is 0 Å². The molecule has 0 saturated heterocycles. The highest BCUT2D eigenvalue weighted by molar-refractivity contribution is 9.10. The van der Waals surface area contributed by atoms with Crippen LogP contribution in [0.2, 0.25) is 0 Å². The minimum absolute atomic E-state index is 0.440. The predicted octanol–water partition coefficient (Wildman–Crippen LogP) is 2.97. The third-order valence-electron chi connectivity index (χ3n) is 1.70. The van der Waals surface area contributed by atoms with Gasteiger partial charge in [-0.15, -0.1) is 10.2 Å². The number of aromatic nitrogens is 2. The van der Waals surface area contributed by atoms with Crippen LogP contribution in [-0.4, -0.2) is 10.2 Å². The van der Waals surface area contributed by atoms with Gasteiger partial charge in [-0.2, -0.15) is 0 Å². The van der Waals surface area contributed by atoms with Crippen molar-refractivity contribution in [1.82, 2.24) is 10.2 Å². The lowest BCUT2D eigenvalue weighted by molar-refractivity contribution is 0.939. The Kier molecular flexibility index (Phi) is 3.23. The molecule has 0 amide bonds. The first-order chi connectivity index (χ1) is 7.24. The monoisotopic (exact) mass is 281 g/mol. The molecular formula is C10H8BrN3S. The third kappa shape index (κ3) is 2.94. The van der Waals surface area contributed by atoms with Crippen molar-refractivity contribution >= 4 is 33.5 Å². The molecule has 0 aliphatic carbocycles. The molecule has 0 radical (unpaired) electrons. The summed E-state index contributed by atoms with van der Waals surface area (Å²) in [6.45, 7) is 0. The molecule has 0 saturated carbocycles. The molecule has 0 fully saturated rings. The maximum absolute atomic E-state index is 5.45. The summed E-state index contributed by atoms with van der Waals surface area (Å²) in [6, 6.07) is 11.6. The maximum atomic E-state index is 5.45. The summed E-state index contributed by atoms with van der Waals surface area (Å²) in [7, 11) is 0. The van der Waals surface area contributed by atoms with Crippen molar-refractivity contribution in [1.29, 1.82) is 0 Å². The summed E-state index contributed by atoms with van der Waals surface area (Å²) in [6.07, 6.45) is 0. The highest BCUT2D eigenvalue weighted by atomic mass is 79.9. The minimum Gasteiger partial charge on any atom is -0.382 e. The van der Waals surface area contributed by atoms with Gasteiger partial charge < -0.3 is 5.73 Å². The van der Waals surface area contributed by atoms with Gasteiger partial charge in [0.1, 0.15) is 10.8 Å². The Balaban J connectivity index is 2.15. The quantitative estimate of drug-likeness (QED) is 0.920. The van der Waals surface area contributed by atoms with Crippen LogP contribution in [0.15, 0.2) is 50.8 Å². The Hall–Kier alpha value is -1.07. The van der Waals surface area contributed by atoms with Crippen LogP contribution in [-0.2, 0) is 0 Å². The molecule has 0 bridgehead atoms. The van der Waals surface area contributed by atoms with Crippen molar-refractivity contribution in [3.8, 4) is 0 Å². The highest BCUT2D eigenvalue weighted by Crippen LogP contribution is 2.26. The van der Waals surface area contributed by atoms with Crippen molar-refractivity contribution < 1.29 is 0 Å². The van der Waals surface area contributed by atoms with Crippen LogP contribution in [0.3, 0.4) is 0 Å². The summed E-state index contributed by atoms with van der Waals surface area (Å²) < 4.78 is 1.07. The van der Waals surface area contributed by atoms with Crippen molar-refractivity contribution in [3.63, 3.8) is 0 Å². The fourth-order valence-corrected chi connectivity index (χ4v) is 2.00. The molecule has 1 aromatic heterocycles. The van der Waals surface area contributed by atoms with Crippen molar-refractivity contribution in [2.24, 2.45) is 0 Å². The van der Waals surface area contributed by atoms with E-state index in [1.807, 2.05) is 30.3 Å². The molecule has 0 atom stereocenters. The maximum Gasteiger partial charge on any atom is 0.146 e. The number of nitrogens with zero attached hydrogens (tertiary/aromatic N) is 2. The van der Waals surface area contributed by atoms with Gasteiger partial charge in [-0.05, 0) is 36.4 Å². The zero-order chi connectivity index (χ0) is 10.7. The Labute approximate surface area is 100 Å². The van der Waals surface area contributed by atoms with E-state index in [-0.39, 0.29) is 0 Å². The molecule has 2 aromatic rings. The van der Waals surface area contributed by atoms with Crippen molar-refractivity contribution in [2.75, 3.05) is 5.73 Å². The predicted molar refractivity (Wildman–Crippen MR) is 64.7 cm³/mol.